The van der Waals surface area contributed by atoms with Gasteiger partial charge in [-0.1, -0.05) is 6.07 Å². The van der Waals surface area contributed by atoms with E-state index in [1.165, 1.54) is 0 Å². The lowest BCUT2D eigenvalue weighted by molar-refractivity contribution is 0.0981. The second-order valence-electron chi connectivity index (χ2n) is 6.87. The molecule has 1 fully saturated rings. The van der Waals surface area contributed by atoms with Crippen molar-refractivity contribution in [1.82, 2.24) is 4.90 Å². The van der Waals surface area contributed by atoms with Crippen LogP contribution < -0.4 is 15.4 Å². The van der Waals surface area contributed by atoms with E-state index >= 15 is 0 Å². The van der Waals surface area contributed by atoms with E-state index in [0.717, 1.165) is 24.2 Å². The van der Waals surface area contributed by atoms with Crippen molar-refractivity contribution in [1.29, 1.82) is 0 Å². The molecule has 7 nitrogen and oxygen atoms in total. The van der Waals surface area contributed by atoms with Crippen LogP contribution in [0.5, 0.6) is 5.75 Å². The Hall–Kier alpha value is -3.22. The molecule has 2 amide bonds. The van der Waals surface area contributed by atoms with Gasteiger partial charge in [-0.3, -0.25) is 4.79 Å². The molecule has 0 aliphatic carbocycles. The number of likely N-dealkylation sites (tertiary alicyclic amines) is 1. The largest absolute Gasteiger partial charge is 0.497 e. The number of nitrogens with one attached hydrogen (secondary N) is 2. The van der Waals surface area contributed by atoms with Crippen LogP contribution in [0.4, 0.5) is 16.2 Å². The summed E-state index contributed by atoms with van der Waals surface area (Å²) in [6.07, 6.45) is 1.50. The Morgan fingerprint density at radius 3 is 2.41 bits per heavy atom. The van der Waals surface area contributed by atoms with Crippen molar-refractivity contribution in [3.8, 4) is 5.75 Å². The van der Waals surface area contributed by atoms with E-state index in [9.17, 15) is 9.59 Å². The van der Waals surface area contributed by atoms with Crippen LogP contribution in [0.2, 0.25) is 0 Å². The van der Waals surface area contributed by atoms with Crippen LogP contribution in [0.3, 0.4) is 0 Å². The quantitative estimate of drug-likeness (QED) is 0.771. The summed E-state index contributed by atoms with van der Waals surface area (Å²) in [7, 11) is 1.57. The third-order valence-electron chi connectivity index (χ3n) is 4.87. The minimum absolute atomic E-state index is 0.184. The van der Waals surface area contributed by atoms with Crippen molar-refractivity contribution in [2.45, 2.75) is 25.8 Å². The fourth-order valence-corrected chi connectivity index (χ4v) is 3.27. The van der Waals surface area contributed by atoms with Gasteiger partial charge in [-0.25, -0.2) is 4.79 Å². The van der Waals surface area contributed by atoms with Crippen molar-refractivity contribution in [3.63, 3.8) is 0 Å². The summed E-state index contributed by atoms with van der Waals surface area (Å²) in [5.74, 6) is 0.460. The molecule has 1 heterocycles. The van der Waals surface area contributed by atoms with Gasteiger partial charge in [0.1, 0.15) is 5.75 Å². The maximum absolute atomic E-state index is 12.4. The van der Waals surface area contributed by atoms with Crippen LogP contribution in [0.15, 0.2) is 48.5 Å². The molecule has 154 valence electrons. The summed E-state index contributed by atoms with van der Waals surface area (Å²) < 4.78 is 10.2. The average molecular weight is 397 g/mol. The molecule has 29 heavy (non-hydrogen) atoms. The lowest BCUT2D eigenvalue weighted by Crippen LogP contribution is -2.42. The first-order chi connectivity index (χ1) is 14.1. The molecule has 0 radical (unpaired) electrons. The number of carbonyl (C=O) groups is 2. The SMILES string of the molecule is CCOC(=O)N1CCC(Nc2ccc(NC(=O)c3cccc(OC)c3)cc2)CC1. The molecule has 0 atom stereocenters. The number of nitrogens with zero attached hydrogens (tertiary/aromatic N) is 1. The fourth-order valence-electron chi connectivity index (χ4n) is 3.27. The van der Waals surface area contributed by atoms with Crippen molar-refractivity contribution < 1.29 is 19.1 Å². The van der Waals surface area contributed by atoms with E-state index in [1.54, 1.807) is 36.3 Å². The van der Waals surface area contributed by atoms with Crippen LogP contribution in [0, 0.1) is 0 Å². The number of hydrogen-bond acceptors (Lipinski definition) is 5. The standard InChI is InChI=1S/C22H27N3O4/c1-3-29-22(27)25-13-11-19(12-14-25)23-17-7-9-18(10-8-17)24-21(26)16-5-4-6-20(15-16)28-2/h4-10,15,19,23H,3,11-14H2,1-2H3,(H,24,26). The number of anilines is 2. The van der Waals surface area contributed by atoms with Gasteiger partial charge in [0.25, 0.3) is 5.91 Å². The zero-order valence-corrected chi connectivity index (χ0v) is 16.8. The zero-order valence-electron chi connectivity index (χ0n) is 16.8. The lowest BCUT2D eigenvalue weighted by atomic mass is 10.0. The molecule has 0 bridgehead atoms. The number of methoxy groups -OCH3 is 1. The minimum Gasteiger partial charge on any atom is -0.497 e. The predicted octanol–water partition coefficient (Wildman–Crippen LogP) is 3.98. The molecule has 2 aromatic rings. The van der Waals surface area contributed by atoms with E-state index in [0.29, 0.717) is 37.1 Å². The van der Waals surface area contributed by atoms with Crippen LogP contribution in [-0.2, 0) is 4.74 Å². The Balaban J connectivity index is 1.50. The van der Waals surface area contributed by atoms with Gasteiger partial charge in [-0.15, -0.1) is 0 Å². The van der Waals surface area contributed by atoms with Crippen LogP contribution in [0.1, 0.15) is 30.1 Å². The van der Waals surface area contributed by atoms with E-state index in [4.69, 9.17) is 9.47 Å². The monoisotopic (exact) mass is 397 g/mol. The highest BCUT2D eigenvalue weighted by Gasteiger charge is 2.23. The highest BCUT2D eigenvalue weighted by molar-refractivity contribution is 6.04. The molecule has 2 aromatic carbocycles. The maximum Gasteiger partial charge on any atom is 0.409 e. The van der Waals surface area contributed by atoms with Gasteiger partial charge in [-0.05, 0) is 62.2 Å². The Kier molecular flexibility index (Phi) is 6.94. The summed E-state index contributed by atoms with van der Waals surface area (Å²) in [6.45, 7) is 3.59. The highest BCUT2D eigenvalue weighted by Crippen LogP contribution is 2.20. The molecular formula is C22H27N3O4. The second-order valence-corrected chi connectivity index (χ2v) is 6.87. The van der Waals surface area contributed by atoms with Gasteiger partial charge in [0.05, 0.1) is 13.7 Å². The summed E-state index contributed by atoms with van der Waals surface area (Å²) in [5.41, 5.74) is 2.25. The van der Waals surface area contributed by atoms with Gasteiger partial charge in [-0.2, -0.15) is 0 Å². The predicted molar refractivity (Wildman–Crippen MR) is 113 cm³/mol. The Bertz CT molecular complexity index is 830. The van der Waals surface area contributed by atoms with Crippen molar-refractivity contribution >= 4 is 23.4 Å². The van der Waals surface area contributed by atoms with Gasteiger partial charge in [0, 0.05) is 36.1 Å². The molecule has 2 N–H and O–H groups in total. The van der Waals surface area contributed by atoms with Crippen molar-refractivity contribution in [2.75, 3.05) is 37.4 Å². The molecule has 1 saturated heterocycles. The molecule has 0 saturated carbocycles. The first kappa shape index (κ1) is 20.5. The number of carbonyl (C=O) groups excluding carboxylic acids is 2. The number of rotatable bonds is 6. The minimum atomic E-state index is -0.234. The van der Waals surface area contributed by atoms with E-state index in [1.807, 2.05) is 31.2 Å². The maximum atomic E-state index is 12.4. The Morgan fingerprint density at radius 2 is 1.76 bits per heavy atom. The highest BCUT2D eigenvalue weighted by atomic mass is 16.6. The van der Waals surface area contributed by atoms with Crippen molar-refractivity contribution in [2.24, 2.45) is 0 Å². The molecular weight excluding hydrogens is 370 g/mol. The summed E-state index contributed by atoms with van der Waals surface area (Å²) in [6, 6.07) is 15.0. The summed E-state index contributed by atoms with van der Waals surface area (Å²) in [5, 5.41) is 6.38. The third-order valence-corrected chi connectivity index (χ3v) is 4.87. The summed E-state index contributed by atoms with van der Waals surface area (Å²) >= 11 is 0. The number of piperidine rings is 1. The lowest BCUT2D eigenvalue weighted by Gasteiger charge is -2.32. The summed E-state index contributed by atoms with van der Waals surface area (Å²) in [4.78, 5) is 25.9. The Morgan fingerprint density at radius 1 is 1.07 bits per heavy atom. The molecule has 1 aliphatic rings. The first-order valence-electron chi connectivity index (χ1n) is 9.82. The molecule has 0 spiro atoms. The third kappa shape index (κ3) is 5.63. The fraction of sp³-hybridized carbons (Fsp3) is 0.364. The second kappa shape index (κ2) is 9.82. The molecule has 7 heteroatoms. The smallest absolute Gasteiger partial charge is 0.409 e. The van der Waals surface area contributed by atoms with Gasteiger partial charge in [0.2, 0.25) is 0 Å². The normalized spacial score (nSPS) is 14.2. The number of amides is 2. The number of hydrogen-bond donors (Lipinski definition) is 2. The molecule has 0 aromatic heterocycles. The van der Waals surface area contributed by atoms with Gasteiger partial charge >= 0.3 is 6.09 Å². The Labute approximate surface area is 171 Å². The van der Waals surface area contributed by atoms with Crippen LogP contribution in [0.25, 0.3) is 0 Å². The van der Waals surface area contributed by atoms with Crippen LogP contribution >= 0.6 is 0 Å². The number of ether oxygens (including phenoxy) is 2. The van der Waals surface area contributed by atoms with Crippen molar-refractivity contribution in [3.05, 3.63) is 54.1 Å². The zero-order chi connectivity index (χ0) is 20.6. The molecule has 0 unspecified atom stereocenters. The van der Waals surface area contributed by atoms with E-state index in [2.05, 4.69) is 10.6 Å². The van der Waals surface area contributed by atoms with Gasteiger partial charge < -0.3 is 25.0 Å². The first-order valence-corrected chi connectivity index (χ1v) is 9.82. The van der Waals surface area contributed by atoms with Gasteiger partial charge in [0.15, 0.2) is 0 Å². The topological polar surface area (TPSA) is 79.9 Å². The molecule has 1 aliphatic heterocycles. The number of benzene rings is 2. The van der Waals surface area contributed by atoms with E-state index < -0.39 is 0 Å². The molecule has 3 rings (SSSR count). The van der Waals surface area contributed by atoms with Crippen LogP contribution in [-0.4, -0.2) is 49.7 Å². The average Bonchev–Trinajstić information content (AvgIpc) is 2.76. The van der Waals surface area contributed by atoms with E-state index in [-0.39, 0.29) is 12.0 Å².